The van der Waals surface area contributed by atoms with E-state index < -0.39 is 0 Å². The van der Waals surface area contributed by atoms with Crippen LogP contribution in [0.2, 0.25) is 0 Å². The second-order valence-corrected chi connectivity index (χ2v) is 6.70. The van der Waals surface area contributed by atoms with E-state index in [1.807, 2.05) is 51.1 Å². The van der Waals surface area contributed by atoms with Crippen LogP contribution in [-0.4, -0.2) is 20.4 Å². The molecule has 0 aliphatic heterocycles. The standard InChI is InChI=1S/C16H15N3OS/c1-16(2,3)15-14(21-19-18-15)13(20)11-8-10-6-4-5-7-12(10)17-9-11/h4-9H,1-3H3. The number of rotatable bonds is 2. The predicted octanol–water partition coefficient (Wildman–Crippen LogP) is 3.61. The Hall–Kier alpha value is -2.14. The number of hydrogen-bond acceptors (Lipinski definition) is 5. The molecule has 1 aromatic carbocycles. The maximum atomic E-state index is 12.7. The van der Waals surface area contributed by atoms with Crippen molar-refractivity contribution in [1.82, 2.24) is 14.6 Å². The van der Waals surface area contributed by atoms with Gasteiger partial charge in [0.05, 0.1) is 11.2 Å². The highest BCUT2D eigenvalue weighted by Gasteiger charge is 2.27. The Kier molecular flexibility index (Phi) is 3.29. The predicted molar refractivity (Wildman–Crippen MR) is 83.8 cm³/mol. The number of ketones is 1. The lowest BCUT2D eigenvalue weighted by Gasteiger charge is -2.15. The molecule has 0 N–H and O–H groups in total. The first-order valence-corrected chi connectivity index (χ1v) is 7.46. The van der Waals surface area contributed by atoms with Crippen LogP contribution in [-0.2, 0) is 5.41 Å². The first-order valence-electron chi connectivity index (χ1n) is 6.69. The van der Waals surface area contributed by atoms with Crippen molar-refractivity contribution in [2.45, 2.75) is 26.2 Å². The van der Waals surface area contributed by atoms with Crippen molar-refractivity contribution in [2.24, 2.45) is 0 Å². The van der Waals surface area contributed by atoms with Crippen molar-refractivity contribution in [2.75, 3.05) is 0 Å². The molecule has 0 atom stereocenters. The SMILES string of the molecule is CC(C)(C)c1nnsc1C(=O)c1cnc2ccccc2c1. The van der Waals surface area contributed by atoms with Gasteiger partial charge in [0.15, 0.2) is 0 Å². The van der Waals surface area contributed by atoms with E-state index in [9.17, 15) is 4.79 Å². The monoisotopic (exact) mass is 297 g/mol. The van der Waals surface area contributed by atoms with Gasteiger partial charge in [-0.25, -0.2) is 0 Å². The van der Waals surface area contributed by atoms with Gasteiger partial charge in [0.2, 0.25) is 5.78 Å². The van der Waals surface area contributed by atoms with Crippen molar-refractivity contribution in [1.29, 1.82) is 0 Å². The number of pyridine rings is 1. The second-order valence-electron chi connectivity index (χ2n) is 5.95. The Morgan fingerprint density at radius 3 is 2.71 bits per heavy atom. The van der Waals surface area contributed by atoms with E-state index in [-0.39, 0.29) is 11.2 Å². The highest BCUT2D eigenvalue weighted by atomic mass is 32.1. The highest BCUT2D eigenvalue weighted by molar-refractivity contribution is 7.08. The number of aromatic nitrogens is 3. The molecule has 0 unspecified atom stereocenters. The van der Waals surface area contributed by atoms with E-state index >= 15 is 0 Å². The Morgan fingerprint density at radius 2 is 1.95 bits per heavy atom. The van der Waals surface area contributed by atoms with E-state index in [4.69, 9.17) is 0 Å². The Bertz CT molecular complexity index is 818. The number of hydrogen-bond donors (Lipinski definition) is 0. The highest BCUT2D eigenvalue weighted by Crippen LogP contribution is 2.28. The third kappa shape index (κ3) is 2.56. The number of benzene rings is 1. The molecule has 0 aliphatic rings. The summed E-state index contributed by atoms with van der Waals surface area (Å²) in [6, 6.07) is 9.62. The molecule has 3 aromatic rings. The Morgan fingerprint density at radius 1 is 1.19 bits per heavy atom. The molecule has 21 heavy (non-hydrogen) atoms. The van der Waals surface area contributed by atoms with Gasteiger partial charge in [-0.15, -0.1) is 5.10 Å². The van der Waals surface area contributed by atoms with E-state index in [2.05, 4.69) is 14.6 Å². The molecule has 0 saturated heterocycles. The van der Waals surface area contributed by atoms with Gasteiger partial charge in [0.1, 0.15) is 4.88 Å². The summed E-state index contributed by atoms with van der Waals surface area (Å²) in [4.78, 5) is 17.7. The van der Waals surface area contributed by atoms with Gasteiger partial charge in [-0.3, -0.25) is 9.78 Å². The summed E-state index contributed by atoms with van der Waals surface area (Å²) in [6.07, 6.45) is 1.62. The van der Waals surface area contributed by atoms with Crippen molar-refractivity contribution in [3.8, 4) is 0 Å². The molecule has 0 saturated carbocycles. The van der Waals surface area contributed by atoms with E-state index in [1.54, 1.807) is 6.20 Å². The maximum Gasteiger partial charge on any atom is 0.208 e. The van der Waals surface area contributed by atoms with Crippen molar-refractivity contribution in [3.63, 3.8) is 0 Å². The zero-order chi connectivity index (χ0) is 15.0. The van der Waals surface area contributed by atoms with Crippen molar-refractivity contribution >= 4 is 28.2 Å². The first-order chi connectivity index (χ1) is 9.97. The molecule has 5 heteroatoms. The summed E-state index contributed by atoms with van der Waals surface area (Å²) >= 11 is 1.15. The molecule has 0 bridgehead atoms. The van der Waals surface area contributed by atoms with Crippen LogP contribution in [0.15, 0.2) is 36.5 Å². The molecule has 4 nitrogen and oxygen atoms in total. The normalized spacial score (nSPS) is 11.8. The van der Waals surface area contributed by atoms with E-state index in [0.29, 0.717) is 10.4 Å². The molecule has 0 amide bonds. The minimum atomic E-state index is -0.206. The largest absolute Gasteiger partial charge is 0.287 e. The average Bonchev–Trinajstić information content (AvgIpc) is 2.95. The fraction of sp³-hybridized carbons (Fsp3) is 0.250. The number of nitrogens with zero attached hydrogens (tertiary/aromatic N) is 3. The van der Waals surface area contributed by atoms with Crippen molar-refractivity contribution in [3.05, 3.63) is 52.7 Å². The van der Waals surface area contributed by atoms with Crippen LogP contribution in [0.5, 0.6) is 0 Å². The molecule has 106 valence electrons. The van der Waals surface area contributed by atoms with Crippen LogP contribution in [0, 0.1) is 0 Å². The minimum Gasteiger partial charge on any atom is -0.287 e. The lowest BCUT2D eigenvalue weighted by Crippen LogP contribution is -2.16. The third-order valence-electron chi connectivity index (χ3n) is 3.26. The summed E-state index contributed by atoms with van der Waals surface area (Å²) in [5, 5.41) is 5.08. The van der Waals surface area contributed by atoms with Gasteiger partial charge in [-0.2, -0.15) is 0 Å². The summed E-state index contributed by atoms with van der Waals surface area (Å²) in [7, 11) is 0. The molecule has 0 radical (unpaired) electrons. The Balaban J connectivity index is 2.07. The van der Waals surface area contributed by atoms with E-state index in [0.717, 1.165) is 28.1 Å². The quantitative estimate of drug-likeness (QED) is 0.678. The summed E-state index contributed by atoms with van der Waals surface area (Å²) in [6.45, 7) is 6.08. The summed E-state index contributed by atoms with van der Waals surface area (Å²) in [5.41, 5.74) is 1.99. The molecule has 0 spiro atoms. The third-order valence-corrected chi connectivity index (χ3v) is 3.98. The fourth-order valence-corrected chi connectivity index (χ4v) is 2.99. The molecule has 3 rings (SSSR count). The van der Waals surface area contributed by atoms with Gasteiger partial charge in [0.25, 0.3) is 0 Å². The number of fused-ring (bicyclic) bond motifs is 1. The average molecular weight is 297 g/mol. The van der Waals surface area contributed by atoms with Gasteiger partial charge < -0.3 is 0 Å². The van der Waals surface area contributed by atoms with Gasteiger partial charge in [0, 0.05) is 22.6 Å². The topological polar surface area (TPSA) is 55.7 Å². The second kappa shape index (κ2) is 5.00. The van der Waals surface area contributed by atoms with Crippen molar-refractivity contribution < 1.29 is 4.79 Å². The van der Waals surface area contributed by atoms with Gasteiger partial charge in [-0.05, 0) is 23.7 Å². The zero-order valence-corrected chi connectivity index (χ0v) is 12.9. The summed E-state index contributed by atoms with van der Waals surface area (Å²) < 4.78 is 3.95. The molecule has 0 aliphatic carbocycles. The molecular weight excluding hydrogens is 282 g/mol. The minimum absolute atomic E-state index is 0.0619. The van der Waals surface area contributed by atoms with Crippen LogP contribution in [0.25, 0.3) is 10.9 Å². The van der Waals surface area contributed by atoms with Crippen LogP contribution >= 0.6 is 11.5 Å². The van der Waals surface area contributed by atoms with Crippen LogP contribution in [0.1, 0.15) is 41.7 Å². The lowest BCUT2D eigenvalue weighted by molar-refractivity contribution is 0.104. The number of carbonyl (C=O) groups excluding carboxylic acids is 1. The van der Waals surface area contributed by atoms with Gasteiger partial charge in [-0.1, -0.05) is 43.5 Å². The summed E-state index contributed by atoms with van der Waals surface area (Å²) in [5.74, 6) is -0.0619. The molecule has 2 heterocycles. The number of carbonyl (C=O) groups is 1. The maximum absolute atomic E-state index is 12.7. The number of para-hydroxylation sites is 1. The smallest absolute Gasteiger partial charge is 0.208 e. The van der Waals surface area contributed by atoms with E-state index in [1.165, 1.54) is 0 Å². The van der Waals surface area contributed by atoms with Gasteiger partial charge >= 0.3 is 0 Å². The first kappa shape index (κ1) is 13.8. The van der Waals surface area contributed by atoms with Crippen LogP contribution in [0.4, 0.5) is 0 Å². The fourth-order valence-electron chi connectivity index (χ4n) is 2.16. The molecule has 2 aromatic heterocycles. The lowest BCUT2D eigenvalue weighted by atomic mass is 9.90. The molecular formula is C16H15N3OS. The Labute approximate surface area is 127 Å². The molecule has 0 fully saturated rings. The zero-order valence-electron chi connectivity index (χ0n) is 12.1. The van der Waals surface area contributed by atoms with Crippen LogP contribution < -0.4 is 0 Å². The van der Waals surface area contributed by atoms with Crippen LogP contribution in [0.3, 0.4) is 0 Å².